The molecule has 0 fully saturated rings. The van der Waals surface area contributed by atoms with E-state index in [9.17, 15) is 4.39 Å². The molecule has 100 valence electrons. The van der Waals surface area contributed by atoms with Gasteiger partial charge in [0, 0.05) is 11.8 Å². The van der Waals surface area contributed by atoms with Gasteiger partial charge in [-0.1, -0.05) is 43.1 Å². The lowest BCUT2D eigenvalue weighted by molar-refractivity contribution is 0.629. The number of rotatable bonds is 4. The topological polar surface area (TPSA) is 38.0 Å². The highest BCUT2D eigenvalue weighted by Gasteiger charge is 2.08. The smallest absolute Gasteiger partial charge is 0.144 e. The molecule has 0 saturated heterocycles. The maximum absolute atomic E-state index is 13.5. The molecule has 0 bridgehead atoms. The zero-order valence-corrected chi connectivity index (χ0v) is 11.5. The fourth-order valence-corrected chi connectivity index (χ4v) is 2.12. The summed E-state index contributed by atoms with van der Waals surface area (Å²) in [7, 11) is 0. The van der Waals surface area contributed by atoms with Gasteiger partial charge in [-0.2, -0.15) is 0 Å². The molecule has 0 spiro atoms. The average Bonchev–Trinajstić information content (AvgIpc) is 2.38. The van der Waals surface area contributed by atoms with E-state index in [1.807, 2.05) is 24.3 Å². The van der Waals surface area contributed by atoms with Gasteiger partial charge in [-0.15, -0.1) is 0 Å². The molecule has 2 rings (SSSR count). The van der Waals surface area contributed by atoms with Crippen LogP contribution in [-0.2, 0) is 6.42 Å². The van der Waals surface area contributed by atoms with Crippen LogP contribution < -0.4 is 11.1 Å². The molecular formula is C15H16ClFN2. The SMILES string of the molecule is CCCc1ccccc1Nc1cc(F)c(Cl)cc1N. The molecule has 0 aliphatic rings. The van der Waals surface area contributed by atoms with Crippen LogP contribution >= 0.6 is 11.6 Å². The molecule has 0 aliphatic heterocycles. The Morgan fingerprint density at radius 1 is 1.21 bits per heavy atom. The van der Waals surface area contributed by atoms with Gasteiger partial charge in [-0.3, -0.25) is 0 Å². The van der Waals surface area contributed by atoms with Crippen LogP contribution in [0.3, 0.4) is 0 Å². The van der Waals surface area contributed by atoms with Gasteiger partial charge in [0.1, 0.15) is 5.82 Å². The molecule has 0 aromatic heterocycles. The van der Waals surface area contributed by atoms with E-state index in [0.29, 0.717) is 11.4 Å². The Hall–Kier alpha value is -1.74. The van der Waals surface area contributed by atoms with E-state index in [1.54, 1.807) is 0 Å². The van der Waals surface area contributed by atoms with Crippen LogP contribution in [0, 0.1) is 5.82 Å². The van der Waals surface area contributed by atoms with Gasteiger partial charge in [0.2, 0.25) is 0 Å². The number of benzene rings is 2. The summed E-state index contributed by atoms with van der Waals surface area (Å²) in [5, 5.41) is 3.20. The zero-order chi connectivity index (χ0) is 13.8. The number of halogens is 2. The van der Waals surface area contributed by atoms with E-state index in [-0.39, 0.29) is 5.02 Å². The van der Waals surface area contributed by atoms with Crippen molar-refractivity contribution < 1.29 is 4.39 Å². The lowest BCUT2D eigenvalue weighted by Gasteiger charge is -2.13. The second-order valence-corrected chi connectivity index (χ2v) is 4.79. The van der Waals surface area contributed by atoms with Crippen molar-refractivity contribution in [2.24, 2.45) is 0 Å². The molecule has 4 heteroatoms. The molecule has 2 nitrogen and oxygen atoms in total. The minimum Gasteiger partial charge on any atom is -0.397 e. The van der Waals surface area contributed by atoms with Crippen molar-refractivity contribution in [1.29, 1.82) is 0 Å². The van der Waals surface area contributed by atoms with E-state index < -0.39 is 5.82 Å². The fourth-order valence-electron chi connectivity index (χ4n) is 1.95. The molecule has 0 saturated carbocycles. The van der Waals surface area contributed by atoms with Crippen LogP contribution in [-0.4, -0.2) is 0 Å². The predicted octanol–water partition coefficient (Wildman–Crippen LogP) is 4.76. The summed E-state index contributed by atoms with van der Waals surface area (Å²) in [6.45, 7) is 2.12. The van der Waals surface area contributed by atoms with Crippen molar-refractivity contribution in [2.45, 2.75) is 19.8 Å². The molecule has 0 atom stereocenters. The summed E-state index contributed by atoms with van der Waals surface area (Å²) in [6.07, 6.45) is 2.00. The van der Waals surface area contributed by atoms with Crippen molar-refractivity contribution >= 4 is 28.7 Å². The van der Waals surface area contributed by atoms with Gasteiger partial charge in [0.25, 0.3) is 0 Å². The molecule has 0 unspecified atom stereocenters. The first kappa shape index (κ1) is 13.7. The minimum absolute atomic E-state index is 0.0323. The third kappa shape index (κ3) is 3.18. The number of hydrogen-bond donors (Lipinski definition) is 2. The van der Waals surface area contributed by atoms with Crippen molar-refractivity contribution in [3.05, 3.63) is 52.8 Å². The van der Waals surface area contributed by atoms with E-state index in [0.717, 1.165) is 18.5 Å². The van der Waals surface area contributed by atoms with Gasteiger partial charge < -0.3 is 11.1 Å². The van der Waals surface area contributed by atoms with Crippen molar-refractivity contribution in [3.8, 4) is 0 Å². The van der Waals surface area contributed by atoms with Crippen molar-refractivity contribution in [2.75, 3.05) is 11.1 Å². The third-order valence-electron chi connectivity index (χ3n) is 2.90. The Balaban J connectivity index is 2.33. The van der Waals surface area contributed by atoms with E-state index in [1.165, 1.54) is 17.7 Å². The van der Waals surface area contributed by atoms with Gasteiger partial charge >= 0.3 is 0 Å². The van der Waals surface area contributed by atoms with Gasteiger partial charge in [0.05, 0.1) is 16.4 Å². The summed E-state index contributed by atoms with van der Waals surface area (Å²) in [4.78, 5) is 0. The maximum atomic E-state index is 13.5. The van der Waals surface area contributed by atoms with Crippen LogP contribution in [0.5, 0.6) is 0 Å². The average molecular weight is 279 g/mol. The Bertz CT molecular complexity index is 584. The summed E-state index contributed by atoms with van der Waals surface area (Å²) < 4.78 is 13.5. The number of nitrogens with one attached hydrogen (secondary N) is 1. The zero-order valence-electron chi connectivity index (χ0n) is 10.7. The highest BCUT2D eigenvalue weighted by molar-refractivity contribution is 6.31. The number of nitrogens with two attached hydrogens (primary N) is 1. The van der Waals surface area contributed by atoms with Crippen molar-refractivity contribution in [1.82, 2.24) is 0 Å². The summed E-state index contributed by atoms with van der Waals surface area (Å²) in [6, 6.07) is 10.7. The number of anilines is 3. The second-order valence-electron chi connectivity index (χ2n) is 4.39. The first-order chi connectivity index (χ1) is 9.11. The number of para-hydroxylation sites is 1. The number of hydrogen-bond acceptors (Lipinski definition) is 2. The minimum atomic E-state index is -0.480. The monoisotopic (exact) mass is 278 g/mol. The summed E-state index contributed by atoms with van der Waals surface area (Å²) >= 11 is 5.69. The molecule has 2 aromatic carbocycles. The standard InChI is InChI=1S/C15H16ClFN2/c1-2-5-10-6-3-4-7-14(10)19-15-9-12(17)11(16)8-13(15)18/h3-4,6-9,19H,2,5,18H2,1H3. The molecule has 3 N–H and O–H groups in total. The van der Waals surface area contributed by atoms with E-state index in [4.69, 9.17) is 17.3 Å². The van der Waals surface area contributed by atoms with Crippen LogP contribution in [0.2, 0.25) is 5.02 Å². The molecule has 2 aromatic rings. The highest BCUT2D eigenvalue weighted by atomic mass is 35.5. The Kier molecular flexibility index (Phi) is 4.27. The van der Waals surface area contributed by atoms with Crippen LogP contribution in [0.4, 0.5) is 21.5 Å². The highest BCUT2D eigenvalue weighted by Crippen LogP contribution is 2.30. The first-order valence-electron chi connectivity index (χ1n) is 6.21. The Morgan fingerprint density at radius 2 is 1.95 bits per heavy atom. The summed E-state index contributed by atoms with van der Waals surface area (Å²) in [5.74, 6) is -0.480. The lowest BCUT2D eigenvalue weighted by atomic mass is 10.1. The summed E-state index contributed by atoms with van der Waals surface area (Å²) in [5.41, 5.74) is 8.93. The van der Waals surface area contributed by atoms with Crippen LogP contribution in [0.15, 0.2) is 36.4 Å². The molecule has 19 heavy (non-hydrogen) atoms. The lowest BCUT2D eigenvalue weighted by Crippen LogP contribution is -2.00. The van der Waals surface area contributed by atoms with Gasteiger partial charge in [-0.05, 0) is 24.1 Å². The predicted molar refractivity (Wildman–Crippen MR) is 79.5 cm³/mol. The van der Waals surface area contributed by atoms with E-state index >= 15 is 0 Å². The fraction of sp³-hybridized carbons (Fsp3) is 0.200. The normalized spacial score (nSPS) is 10.5. The molecule has 0 heterocycles. The molecule has 0 radical (unpaired) electrons. The Labute approximate surface area is 117 Å². The van der Waals surface area contributed by atoms with Crippen LogP contribution in [0.25, 0.3) is 0 Å². The molecular weight excluding hydrogens is 263 g/mol. The number of aryl methyl sites for hydroxylation is 1. The first-order valence-corrected chi connectivity index (χ1v) is 6.59. The third-order valence-corrected chi connectivity index (χ3v) is 3.19. The Morgan fingerprint density at radius 3 is 2.68 bits per heavy atom. The quantitative estimate of drug-likeness (QED) is 0.792. The molecule has 0 aliphatic carbocycles. The maximum Gasteiger partial charge on any atom is 0.144 e. The number of nitrogen functional groups attached to an aromatic ring is 1. The van der Waals surface area contributed by atoms with Gasteiger partial charge in [0.15, 0.2) is 0 Å². The van der Waals surface area contributed by atoms with Crippen molar-refractivity contribution in [3.63, 3.8) is 0 Å². The van der Waals surface area contributed by atoms with E-state index in [2.05, 4.69) is 12.2 Å². The second kappa shape index (κ2) is 5.93. The van der Waals surface area contributed by atoms with Gasteiger partial charge in [-0.25, -0.2) is 4.39 Å². The molecule has 0 amide bonds. The van der Waals surface area contributed by atoms with Crippen LogP contribution in [0.1, 0.15) is 18.9 Å². The largest absolute Gasteiger partial charge is 0.397 e.